The van der Waals surface area contributed by atoms with E-state index in [2.05, 4.69) is 6.92 Å². The molecule has 0 saturated heterocycles. The first-order chi connectivity index (χ1) is 12.0. The molecule has 2 rings (SSSR count). The average Bonchev–Trinajstić information content (AvgIpc) is 2.85. The van der Waals surface area contributed by atoms with Gasteiger partial charge in [-0.25, -0.2) is 9.29 Å². The molecule has 1 aromatic carbocycles. The molecule has 136 valence electrons. The summed E-state index contributed by atoms with van der Waals surface area (Å²) in [7, 11) is 0. The molecule has 1 unspecified atom stereocenters. The van der Waals surface area contributed by atoms with Gasteiger partial charge in [0, 0.05) is 6.42 Å². The summed E-state index contributed by atoms with van der Waals surface area (Å²) in [6, 6.07) is 3.80. The fourth-order valence-corrected chi connectivity index (χ4v) is 3.34. The molecule has 1 heterocycles. The van der Waals surface area contributed by atoms with E-state index in [1.807, 2.05) is 0 Å². The highest BCUT2D eigenvalue weighted by Crippen LogP contribution is 2.38. The highest BCUT2D eigenvalue weighted by Gasteiger charge is 2.42. The normalized spacial score (nSPS) is 16.2. The highest BCUT2D eigenvalue weighted by molar-refractivity contribution is 6.27. The van der Waals surface area contributed by atoms with Crippen LogP contribution in [-0.4, -0.2) is 17.6 Å². The van der Waals surface area contributed by atoms with E-state index in [1.54, 1.807) is 0 Å². The molecule has 0 N–H and O–H groups in total. The third kappa shape index (κ3) is 4.53. The van der Waals surface area contributed by atoms with Crippen LogP contribution in [0, 0.1) is 5.82 Å². The van der Waals surface area contributed by atoms with Crippen LogP contribution in [0.1, 0.15) is 76.7 Å². The Balaban J connectivity index is 1.98. The van der Waals surface area contributed by atoms with E-state index in [9.17, 15) is 18.8 Å². The summed E-state index contributed by atoms with van der Waals surface area (Å²) < 4.78 is 13.5. The van der Waals surface area contributed by atoms with E-state index < -0.39 is 17.6 Å². The molecule has 0 radical (unpaired) electrons. The third-order valence-corrected chi connectivity index (χ3v) is 4.66. The minimum Gasteiger partial charge on any atom is -0.299 e. The molecule has 4 nitrogen and oxygen atoms in total. The number of fused-ring (bicyclic) bond motifs is 1. The number of imide groups is 1. The second-order valence-corrected chi connectivity index (χ2v) is 6.69. The Morgan fingerprint density at radius 3 is 2.36 bits per heavy atom. The Morgan fingerprint density at radius 2 is 1.72 bits per heavy atom. The number of nitrogens with zero attached hydrogens (tertiary/aromatic N) is 1. The van der Waals surface area contributed by atoms with E-state index in [4.69, 9.17) is 0 Å². The number of halogens is 1. The highest BCUT2D eigenvalue weighted by atomic mass is 19.1. The maximum Gasteiger partial charge on any atom is 0.248 e. The zero-order valence-electron chi connectivity index (χ0n) is 15.0. The number of carbonyl (C=O) groups excluding carboxylic acids is 3. The summed E-state index contributed by atoms with van der Waals surface area (Å²) in [5.41, 5.74) is 0.643. The van der Waals surface area contributed by atoms with Crippen molar-refractivity contribution in [2.24, 2.45) is 0 Å². The molecule has 0 bridgehead atoms. The molecule has 0 aromatic heterocycles. The topological polar surface area (TPSA) is 54.5 Å². The van der Waals surface area contributed by atoms with Gasteiger partial charge >= 0.3 is 0 Å². The van der Waals surface area contributed by atoms with Gasteiger partial charge in [-0.2, -0.15) is 0 Å². The van der Waals surface area contributed by atoms with Gasteiger partial charge in [0.1, 0.15) is 17.5 Å². The van der Waals surface area contributed by atoms with Gasteiger partial charge in [0.25, 0.3) is 0 Å². The predicted octanol–water partition coefficient (Wildman–Crippen LogP) is 4.51. The minimum absolute atomic E-state index is 0.265. The van der Waals surface area contributed by atoms with Gasteiger partial charge in [0.05, 0.1) is 5.69 Å². The summed E-state index contributed by atoms with van der Waals surface area (Å²) in [5, 5.41) is 0. The van der Waals surface area contributed by atoms with Crippen LogP contribution in [0.2, 0.25) is 0 Å². The Morgan fingerprint density at radius 1 is 1.08 bits per heavy atom. The number of benzene rings is 1. The van der Waals surface area contributed by atoms with Gasteiger partial charge in [-0.3, -0.25) is 14.4 Å². The van der Waals surface area contributed by atoms with Crippen molar-refractivity contribution < 1.29 is 18.8 Å². The lowest BCUT2D eigenvalue weighted by atomic mass is 9.97. The molecule has 0 aliphatic carbocycles. The van der Waals surface area contributed by atoms with Crippen LogP contribution in [0.5, 0.6) is 0 Å². The number of amides is 2. The van der Waals surface area contributed by atoms with Crippen LogP contribution in [0.25, 0.3) is 0 Å². The summed E-state index contributed by atoms with van der Waals surface area (Å²) in [5.74, 6) is -2.82. The lowest BCUT2D eigenvalue weighted by molar-refractivity contribution is -0.129. The van der Waals surface area contributed by atoms with Crippen LogP contribution in [0.15, 0.2) is 18.2 Å². The fourth-order valence-electron chi connectivity index (χ4n) is 3.34. The summed E-state index contributed by atoms with van der Waals surface area (Å²) in [6.07, 6.45) is 7.83. The molecule has 1 aliphatic rings. The van der Waals surface area contributed by atoms with Crippen molar-refractivity contribution in [3.05, 3.63) is 29.6 Å². The SMILES string of the molecule is CCCCCCCCCC(=O)N1C(=O)C(C(C)=O)c2cc(F)ccc21. The van der Waals surface area contributed by atoms with Gasteiger partial charge in [-0.05, 0) is 37.1 Å². The van der Waals surface area contributed by atoms with E-state index in [1.165, 1.54) is 50.8 Å². The van der Waals surface area contributed by atoms with Gasteiger partial charge in [-0.15, -0.1) is 0 Å². The number of ketones is 1. The molecular weight excluding hydrogens is 321 g/mol. The minimum atomic E-state index is -1.07. The van der Waals surface area contributed by atoms with Gasteiger partial charge < -0.3 is 0 Å². The zero-order chi connectivity index (χ0) is 18.4. The largest absolute Gasteiger partial charge is 0.299 e. The van der Waals surface area contributed by atoms with Crippen molar-refractivity contribution >= 4 is 23.3 Å². The number of anilines is 1. The smallest absolute Gasteiger partial charge is 0.248 e. The zero-order valence-corrected chi connectivity index (χ0v) is 15.0. The maximum atomic E-state index is 13.5. The van der Waals surface area contributed by atoms with Crippen LogP contribution in [0.4, 0.5) is 10.1 Å². The lowest BCUT2D eigenvalue weighted by Crippen LogP contribution is -2.36. The van der Waals surface area contributed by atoms with Crippen LogP contribution < -0.4 is 4.90 Å². The predicted molar refractivity (Wildman–Crippen MR) is 94.9 cm³/mol. The Kier molecular flexibility index (Phi) is 6.85. The molecule has 1 atom stereocenters. The molecule has 2 amide bonds. The van der Waals surface area contributed by atoms with Crippen molar-refractivity contribution in [2.75, 3.05) is 4.90 Å². The first-order valence-electron chi connectivity index (χ1n) is 9.14. The monoisotopic (exact) mass is 347 g/mol. The molecule has 0 fully saturated rings. The second kappa shape index (κ2) is 8.88. The second-order valence-electron chi connectivity index (χ2n) is 6.69. The summed E-state index contributed by atoms with van der Waals surface area (Å²) >= 11 is 0. The van der Waals surface area contributed by atoms with Crippen LogP contribution >= 0.6 is 0 Å². The van der Waals surface area contributed by atoms with E-state index in [0.717, 1.165) is 24.2 Å². The lowest BCUT2D eigenvalue weighted by Gasteiger charge is -2.15. The van der Waals surface area contributed by atoms with Crippen LogP contribution in [0.3, 0.4) is 0 Å². The Bertz CT molecular complexity index is 656. The number of hydrogen-bond donors (Lipinski definition) is 0. The fraction of sp³-hybridized carbons (Fsp3) is 0.550. The van der Waals surface area contributed by atoms with Crippen molar-refractivity contribution in [1.82, 2.24) is 0 Å². The standard InChI is InChI=1S/C20H26FNO3/c1-3-4-5-6-7-8-9-10-18(24)22-17-12-11-15(21)13-16(17)19(14(2)23)20(22)25/h11-13,19H,3-10H2,1-2H3. The Labute approximate surface area is 148 Å². The number of unbranched alkanes of at least 4 members (excludes halogenated alkanes) is 6. The molecule has 0 saturated carbocycles. The van der Waals surface area contributed by atoms with Crippen LogP contribution in [-0.2, 0) is 14.4 Å². The van der Waals surface area contributed by atoms with Crippen molar-refractivity contribution in [1.29, 1.82) is 0 Å². The van der Waals surface area contributed by atoms with Gasteiger partial charge in [0.2, 0.25) is 11.8 Å². The van der Waals surface area contributed by atoms with Crippen molar-refractivity contribution in [3.63, 3.8) is 0 Å². The molecular formula is C20H26FNO3. The van der Waals surface area contributed by atoms with E-state index in [-0.39, 0.29) is 18.1 Å². The maximum absolute atomic E-state index is 13.5. The third-order valence-electron chi connectivity index (χ3n) is 4.66. The molecule has 5 heteroatoms. The first kappa shape index (κ1) is 19.3. The number of Topliss-reactive ketones (excluding diaryl/α,β-unsaturated/α-hetero) is 1. The van der Waals surface area contributed by atoms with Gasteiger partial charge in [0.15, 0.2) is 0 Å². The quantitative estimate of drug-likeness (QED) is 0.488. The van der Waals surface area contributed by atoms with E-state index in [0.29, 0.717) is 11.3 Å². The van der Waals surface area contributed by atoms with Crippen molar-refractivity contribution in [2.45, 2.75) is 71.1 Å². The number of carbonyl (C=O) groups is 3. The molecule has 1 aliphatic heterocycles. The Hall–Kier alpha value is -2.04. The molecule has 25 heavy (non-hydrogen) atoms. The van der Waals surface area contributed by atoms with E-state index >= 15 is 0 Å². The summed E-state index contributed by atoms with van der Waals surface area (Å²) in [4.78, 5) is 37.9. The number of rotatable bonds is 9. The average molecular weight is 347 g/mol. The molecule has 0 spiro atoms. The van der Waals surface area contributed by atoms with Crippen molar-refractivity contribution in [3.8, 4) is 0 Å². The summed E-state index contributed by atoms with van der Waals surface area (Å²) in [6.45, 7) is 3.46. The molecule has 1 aromatic rings. The number of hydrogen-bond acceptors (Lipinski definition) is 3. The van der Waals surface area contributed by atoms with Gasteiger partial charge in [-0.1, -0.05) is 45.4 Å². The first-order valence-corrected chi connectivity index (χ1v) is 9.14.